The van der Waals surface area contributed by atoms with Crippen LogP contribution in [0.1, 0.15) is 18.2 Å². The summed E-state index contributed by atoms with van der Waals surface area (Å²) in [4.78, 5) is 24.5. The lowest BCUT2D eigenvalue weighted by Gasteiger charge is -2.12. The van der Waals surface area contributed by atoms with Crippen molar-refractivity contribution < 1.29 is 4.79 Å². The van der Waals surface area contributed by atoms with Crippen molar-refractivity contribution in [2.24, 2.45) is 0 Å². The van der Waals surface area contributed by atoms with Crippen LogP contribution in [-0.4, -0.2) is 27.9 Å². The Morgan fingerprint density at radius 3 is 2.58 bits per heavy atom. The van der Waals surface area contributed by atoms with E-state index in [1.165, 1.54) is 6.92 Å². The summed E-state index contributed by atoms with van der Waals surface area (Å²) in [5.74, 6) is 0.456. The Kier molecular flexibility index (Phi) is 4.12. The van der Waals surface area contributed by atoms with Crippen molar-refractivity contribution in [2.75, 3.05) is 17.7 Å². The number of carbonyl (C=O) groups is 1. The first-order valence-corrected chi connectivity index (χ1v) is 7.68. The number of aromatic nitrogens is 3. The highest BCUT2D eigenvalue weighted by molar-refractivity contribution is 5.90. The highest BCUT2D eigenvalue weighted by Crippen LogP contribution is 2.30. The number of nitrogens with zero attached hydrogens (tertiary/aromatic N) is 3. The van der Waals surface area contributed by atoms with Crippen molar-refractivity contribution >= 4 is 28.6 Å². The third-order valence-corrected chi connectivity index (χ3v) is 3.83. The average Bonchev–Trinajstić information content (AvgIpc) is 2.55. The topological polar surface area (TPSA) is 79.8 Å². The van der Waals surface area contributed by atoms with Crippen LogP contribution in [0.15, 0.2) is 30.5 Å². The summed E-state index contributed by atoms with van der Waals surface area (Å²) in [5.41, 5.74) is 5.46. The number of benzene rings is 1. The van der Waals surface area contributed by atoms with Crippen LogP contribution in [0.3, 0.4) is 0 Å². The summed E-state index contributed by atoms with van der Waals surface area (Å²) >= 11 is 0. The summed E-state index contributed by atoms with van der Waals surface area (Å²) in [6, 6.07) is 7.89. The van der Waals surface area contributed by atoms with Gasteiger partial charge in [0.1, 0.15) is 0 Å². The van der Waals surface area contributed by atoms with E-state index in [4.69, 9.17) is 0 Å². The third kappa shape index (κ3) is 3.03. The van der Waals surface area contributed by atoms with E-state index < -0.39 is 0 Å². The van der Waals surface area contributed by atoms with Crippen molar-refractivity contribution in [1.29, 1.82) is 0 Å². The van der Waals surface area contributed by atoms with Crippen LogP contribution >= 0.6 is 0 Å². The highest BCUT2D eigenvalue weighted by Gasteiger charge is 2.11. The molecule has 0 aliphatic rings. The Labute approximate surface area is 140 Å². The maximum absolute atomic E-state index is 11.3. The Morgan fingerprint density at radius 1 is 1.08 bits per heavy atom. The number of nitrogens with one attached hydrogen (secondary N) is 2. The minimum atomic E-state index is -0.0915. The molecule has 0 saturated carbocycles. The molecule has 2 N–H and O–H groups in total. The van der Waals surface area contributed by atoms with Gasteiger partial charge in [-0.2, -0.15) is 4.98 Å². The third-order valence-electron chi connectivity index (χ3n) is 3.83. The zero-order chi connectivity index (χ0) is 17.3. The Bertz CT molecular complexity index is 936. The molecule has 0 atom stereocenters. The second-order valence-electron chi connectivity index (χ2n) is 5.69. The molecule has 122 valence electrons. The van der Waals surface area contributed by atoms with Crippen LogP contribution in [-0.2, 0) is 4.79 Å². The fourth-order valence-corrected chi connectivity index (χ4v) is 2.64. The van der Waals surface area contributed by atoms with E-state index in [9.17, 15) is 4.79 Å². The van der Waals surface area contributed by atoms with Crippen molar-refractivity contribution in [3.8, 4) is 11.1 Å². The number of carbonyl (C=O) groups excluding carboxylic acids is 1. The number of rotatable bonds is 3. The van der Waals surface area contributed by atoms with Gasteiger partial charge in [0, 0.05) is 42.5 Å². The van der Waals surface area contributed by atoms with Crippen LogP contribution in [0.2, 0.25) is 0 Å². The van der Waals surface area contributed by atoms with Crippen LogP contribution in [0.5, 0.6) is 0 Å². The molecule has 6 nitrogen and oxygen atoms in total. The molecule has 0 aliphatic heterocycles. The molecule has 1 aromatic carbocycles. The lowest BCUT2D eigenvalue weighted by atomic mass is 9.98. The Morgan fingerprint density at radius 2 is 1.88 bits per heavy atom. The van der Waals surface area contributed by atoms with E-state index in [0.29, 0.717) is 11.6 Å². The lowest BCUT2D eigenvalue weighted by Crippen LogP contribution is -2.06. The molecule has 2 aromatic heterocycles. The van der Waals surface area contributed by atoms with Crippen LogP contribution in [0, 0.1) is 13.8 Å². The smallest absolute Gasteiger partial charge is 0.224 e. The van der Waals surface area contributed by atoms with Gasteiger partial charge in [0.05, 0.1) is 0 Å². The SMILES string of the molecule is CNc1ncc2cc(-c3cc(NC(C)=O)ccc3C)c(C)nc2n1. The molecule has 0 saturated heterocycles. The second kappa shape index (κ2) is 6.23. The van der Waals surface area contributed by atoms with Gasteiger partial charge in [0.25, 0.3) is 0 Å². The summed E-state index contributed by atoms with van der Waals surface area (Å²) in [6.07, 6.45) is 1.76. The van der Waals surface area contributed by atoms with Crippen molar-refractivity contribution in [3.05, 3.63) is 41.7 Å². The number of anilines is 2. The van der Waals surface area contributed by atoms with Crippen LogP contribution in [0.25, 0.3) is 22.2 Å². The molecule has 3 rings (SSSR count). The number of hydrogen-bond acceptors (Lipinski definition) is 5. The molecule has 0 aliphatic carbocycles. The summed E-state index contributed by atoms with van der Waals surface area (Å²) in [5, 5.41) is 6.61. The largest absolute Gasteiger partial charge is 0.357 e. The van der Waals surface area contributed by atoms with Gasteiger partial charge in [0.15, 0.2) is 5.65 Å². The molecule has 3 aromatic rings. The molecule has 6 heteroatoms. The fraction of sp³-hybridized carbons (Fsp3) is 0.222. The van der Waals surface area contributed by atoms with Gasteiger partial charge in [-0.25, -0.2) is 9.97 Å². The number of aryl methyl sites for hydroxylation is 2. The van der Waals surface area contributed by atoms with Crippen molar-refractivity contribution in [2.45, 2.75) is 20.8 Å². The maximum atomic E-state index is 11.3. The molecule has 0 unspecified atom stereocenters. The van der Waals surface area contributed by atoms with Gasteiger partial charge in [-0.05, 0) is 43.2 Å². The van der Waals surface area contributed by atoms with Crippen molar-refractivity contribution in [1.82, 2.24) is 15.0 Å². The summed E-state index contributed by atoms with van der Waals surface area (Å²) in [7, 11) is 1.78. The van der Waals surface area contributed by atoms with Gasteiger partial charge in [-0.3, -0.25) is 4.79 Å². The maximum Gasteiger partial charge on any atom is 0.224 e. The Hall–Kier alpha value is -3.02. The van der Waals surface area contributed by atoms with Crippen LogP contribution in [0.4, 0.5) is 11.6 Å². The second-order valence-corrected chi connectivity index (χ2v) is 5.69. The summed E-state index contributed by atoms with van der Waals surface area (Å²) < 4.78 is 0. The highest BCUT2D eigenvalue weighted by atomic mass is 16.1. The predicted octanol–water partition coefficient (Wildman–Crippen LogP) is 3.31. The molecule has 0 radical (unpaired) electrons. The zero-order valence-electron chi connectivity index (χ0n) is 14.1. The van der Waals surface area contributed by atoms with Gasteiger partial charge >= 0.3 is 0 Å². The van der Waals surface area contributed by atoms with E-state index in [-0.39, 0.29) is 5.91 Å². The molecule has 0 spiro atoms. The van der Waals surface area contributed by atoms with E-state index in [1.807, 2.05) is 38.1 Å². The van der Waals surface area contributed by atoms with E-state index in [1.54, 1.807) is 13.2 Å². The molecular weight excluding hydrogens is 302 g/mol. The number of fused-ring (bicyclic) bond motifs is 1. The molecule has 24 heavy (non-hydrogen) atoms. The average molecular weight is 321 g/mol. The van der Waals surface area contributed by atoms with Crippen molar-refractivity contribution in [3.63, 3.8) is 0 Å². The standard InChI is InChI=1S/C18H19N5O/c1-10-5-6-14(22-12(3)24)8-15(10)16-7-13-9-20-18(19-4)23-17(13)21-11(16)2/h5-9H,1-4H3,(H,22,24)(H,19,20,21,23). The number of hydrogen-bond donors (Lipinski definition) is 2. The molecule has 0 bridgehead atoms. The quantitative estimate of drug-likeness (QED) is 0.773. The normalized spacial score (nSPS) is 10.7. The van der Waals surface area contributed by atoms with Gasteiger partial charge in [0.2, 0.25) is 11.9 Å². The van der Waals surface area contributed by atoms with E-state index in [0.717, 1.165) is 33.5 Å². The number of pyridine rings is 1. The van der Waals surface area contributed by atoms with E-state index >= 15 is 0 Å². The monoisotopic (exact) mass is 321 g/mol. The van der Waals surface area contributed by atoms with Gasteiger partial charge < -0.3 is 10.6 Å². The molecule has 0 fully saturated rings. The molecule has 2 heterocycles. The van der Waals surface area contributed by atoms with Crippen LogP contribution < -0.4 is 10.6 Å². The van der Waals surface area contributed by atoms with Gasteiger partial charge in [-0.15, -0.1) is 0 Å². The minimum absolute atomic E-state index is 0.0915. The molecule has 1 amide bonds. The zero-order valence-corrected chi connectivity index (χ0v) is 14.1. The minimum Gasteiger partial charge on any atom is -0.357 e. The fourth-order valence-electron chi connectivity index (χ4n) is 2.64. The van der Waals surface area contributed by atoms with E-state index in [2.05, 4.69) is 25.6 Å². The lowest BCUT2D eigenvalue weighted by molar-refractivity contribution is -0.114. The Balaban J connectivity index is 2.15. The first-order chi connectivity index (χ1) is 11.5. The first kappa shape index (κ1) is 15.9. The van der Waals surface area contributed by atoms with Gasteiger partial charge in [-0.1, -0.05) is 6.07 Å². The summed E-state index contributed by atoms with van der Waals surface area (Å²) in [6.45, 7) is 5.50. The molecular formula is C18H19N5O. The number of amides is 1. The first-order valence-electron chi connectivity index (χ1n) is 7.68. The predicted molar refractivity (Wildman–Crippen MR) is 96.1 cm³/mol.